The van der Waals surface area contributed by atoms with Crippen LogP contribution in [0, 0.1) is 0 Å². The third-order valence-electron chi connectivity index (χ3n) is 4.49. The van der Waals surface area contributed by atoms with Gasteiger partial charge in [0.05, 0.1) is 17.8 Å². The molecule has 0 amide bonds. The average Bonchev–Trinajstić information content (AvgIpc) is 3.14. The minimum Gasteiger partial charge on any atom is -0.352 e. The molecule has 0 spiro atoms. The summed E-state index contributed by atoms with van der Waals surface area (Å²) in [6.45, 7) is 9.78. The van der Waals surface area contributed by atoms with Crippen molar-refractivity contribution in [2.24, 2.45) is 0 Å². The second-order valence-corrected chi connectivity index (χ2v) is 7.73. The fourth-order valence-electron chi connectivity index (χ4n) is 3.26. The van der Waals surface area contributed by atoms with Crippen molar-refractivity contribution in [3.8, 4) is 0 Å². The van der Waals surface area contributed by atoms with E-state index >= 15 is 0 Å². The summed E-state index contributed by atoms with van der Waals surface area (Å²) in [7, 11) is 0. The third-order valence-corrected chi connectivity index (χ3v) is 4.85. The van der Waals surface area contributed by atoms with Crippen molar-refractivity contribution < 1.29 is 0 Å². The maximum absolute atomic E-state index is 5.62. The standard InChI is InChI=1S/C19H26N4S/c1-5-11-23-17(14-9-12-22(13-14)19(2,3)4)16(21-18(23)24)15-8-6-7-10-20-15/h6-10,12-13,16-17H,5,11H2,1-4H3,(H,21,24)/t16-,17+/m0/s1. The van der Waals surface area contributed by atoms with Crippen LogP contribution in [0.3, 0.4) is 0 Å². The van der Waals surface area contributed by atoms with Gasteiger partial charge in [0, 0.05) is 30.7 Å². The van der Waals surface area contributed by atoms with Gasteiger partial charge >= 0.3 is 0 Å². The smallest absolute Gasteiger partial charge is 0.170 e. The predicted molar refractivity (Wildman–Crippen MR) is 102 cm³/mol. The largest absolute Gasteiger partial charge is 0.352 e. The summed E-state index contributed by atoms with van der Waals surface area (Å²) in [5, 5.41) is 4.31. The molecule has 128 valence electrons. The summed E-state index contributed by atoms with van der Waals surface area (Å²) in [5.41, 5.74) is 2.38. The molecule has 2 aromatic rings. The Morgan fingerprint density at radius 2 is 2.04 bits per heavy atom. The van der Waals surface area contributed by atoms with Gasteiger partial charge in [-0.25, -0.2) is 0 Å². The van der Waals surface area contributed by atoms with Crippen LogP contribution in [-0.4, -0.2) is 26.1 Å². The molecule has 0 aromatic carbocycles. The van der Waals surface area contributed by atoms with Crippen LogP contribution in [0.5, 0.6) is 0 Å². The van der Waals surface area contributed by atoms with E-state index in [1.165, 1.54) is 5.56 Å². The molecule has 24 heavy (non-hydrogen) atoms. The molecule has 2 aromatic heterocycles. The lowest BCUT2D eigenvalue weighted by Crippen LogP contribution is -2.30. The molecular weight excluding hydrogens is 316 g/mol. The van der Waals surface area contributed by atoms with Gasteiger partial charge < -0.3 is 14.8 Å². The van der Waals surface area contributed by atoms with Gasteiger partial charge in [-0.3, -0.25) is 4.98 Å². The lowest BCUT2D eigenvalue weighted by molar-refractivity contribution is 0.316. The molecule has 0 bridgehead atoms. The van der Waals surface area contributed by atoms with E-state index in [-0.39, 0.29) is 17.6 Å². The van der Waals surface area contributed by atoms with Gasteiger partial charge in [-0.15, -0.1) is 0 Å². The Morgan fingerprint density at radius 3 is 2.62 bits per heavy atom. The van der Waals surface area contributed by atoms with E-state index in [1.54, 1.807) is 0 Å². The fourth-order valence-corrected chi connectivity index (χ4v) is 3.59. The van der Waals surface area contributed by atoms with Crippen molar-refractivity contribution in [3.63, 3.8) is 0 Å². The number of nitrogens with zero attached hydrogens (tertiary/aromatic N) is 3. The molecule has 0 radical (unpaired) electrons. The molecule has 0 saturated carbocycles. The summed E-state index contributed by atoms with van der Waals surface area (Å²) >= 11 is 5.62. The zero-order valence-corrected chi connectivity index (χ0v) is 15.7. The van der Waals surface area contributed by atoms with Gasteiger partial charge in [-0.2, -0.15) is 0 Å². The number of aromatic nitrogens is 2. The number of hydrogen-bond donors (Lipinski definition) is 1. The maximum Gasteiger partial charge on any atom is 0.170 e. The number of rotatable bonds is 4. The van der Waals surface area contributed by atoms with E-state index in [9.17, 15) is 0 Å². The van der Waals surface area contributed by atoms with E-state index in [2.05, 4.69) is 72.0 Å². The Balaban J connectivity index is 2.01. The van der Waals surface area contributed by atoms with Crippen LogP contribution in [0.4, 0.5) is 0 Å². The van der Waals surface area contributed by atoms with Crippen molar-refractivity contribution in [2.75, 3.05) is 6.54 Å². The summed E-state index contributed by atoms with van der Waals surface area (Å²) < 4.78 is 2.27. The zero-order chi connectivity index (χ0) is 17.3. The number of nitrogens with one attached hydrogen (secondary N) is 1. The molecule has 3 rings (SSSR count). The molecule has 4 nitrogen and oxygen atoms in total. The van der Waals surface area contributed by atoms with Crippen molar-refractivity contribution in [1.82, 2.24) is 19.8 Å². The van der Waals surface area contributed by atoms with Crippen LogP contribution in [0.25, 0.3) is 0 Å². The van der Waals surface area contributed by atoms with Gasteiger partial charge in [0.15, 0.2) is 5.11 Å². The molecule has 5 heteroatoms. The second kappa shape index (κ2) is 6.55. The van der Waals surface area contributed by atoms with Gasteiger partial charge in [0.2, 0.25) is 0 Å². The van der Waals surface area contributed by atoms with E-state index in [1.807, 2.05) is 18.3 Å². The fraction of sp³-hybridized carbons (Fsp3) is 0.474. The quantitative estimate of drug-likeness (QED) is 0.851. The molecule has 3 heterocycles. The molecule has 1 aliphatic rings. The molecule has 2 atom stereocenters. The van der Waals surface area contributed by atoms with Crippen LogP contribution in [0.15, 0.2) is 42.9 Å². The Morgan fingerprint density at radius 1 is 1.25 bits per heavy atom. The number of hydrogen-bond acceptors (Lipinski definition) is 2. The first kappa shape index (κ1) is 17.0. The monoisotopic (exact) mass is 342 g/mol. The van der Waals surface area contributed by atoms with Crippen LogP contribution in [0.1, 0.15) is 57.5 Å². The zero-order valence-electron chi connectivity index (χ0n) is 14.9. The molecule has 1 fully saturated rings. The molecular formula is C19H26N4S. The highest BCUT2D eigenvalue weighted by atomic mass is 32.1. The van der Waals surface area contributed by atoms with Crippen LogP contribution < -0.4 is 5.32 Å². The maximum atomic E-state index is 5.62. The first-order valence-corrected chi connectivity index (χ1v) is 8.99. The average molecular weight is 343 g/mol. The van der Waals surface area contributed by atoms with E-state index in [4.69, 9.17) is 12.2 Å². The summed E-state index contributed by atoms with van der Waals surface area (Å²) in [6.07, 6.45) is 7.32. The van der Waals surface area contributed by atoms with Crippen molar-refractivity contribution in [2.45, 2.75) is 51.7 Å². The van der Waals surface area contributed by atoms with E-state index in [0.29, 0.717) is 0 Å². The summed E-state index contributed by atoms with van der Waals surface area (Å²) in [4.78, 5) is 6.87. The summed E-state index contributed by atoms with van der Waals surface area (Å²) in [5.74, 6) is 0. The van der Waals surface area contributed by atoms with E-state index < -0.39 is 0 Å². The van der Waals surface area contributed by atoms with Gasteiger partial charge in [0.25, 0.3) is 0 Å². The second-order valence-electron chi connectivity index (χ2n) is 7.34. The Kier molecular flexibility index (Phi) is 4.63. The van der Waals surface area contributed by atoms with Gasteiger partial charge in [-0.1, -0.05) is 13.0 Å². The van der Waals surface area contributed by atoms with Gasteiger partial charge in [0.1, 0.15) is 0 Å². The first-order valence-electron chi connectivity index (χ1n) is 8.58. The number of pyridine rings is 1. The molecule has 0 unspecified atom stereocenters. The van der Waals surface area contributed by atoms with Crippen LogP contribution in [0.2, 0.25) is 0 Å². The topological polar surface area (TPSA) is 33.1 Å². The predicted octanol–water partition coefficient (Wildman–Crippen LogP) is 4.02. The van der Waals surface area contributed by atoms with Crippen molar-refractivity contribution in [1.29, 1.82) is 0 Å². The highest BCUT2D eigenvalue weighted by Crippen LogP contribution is 2.39. The number of thiocarbonyl (C=S) groups is 1. The lowest BCUT2D eigenvalue weighted by atomic mass is 9.99. The minimum absolute atomic E-state index is 0.0703. The Bertz CT molecular complexity index is 702. The Hall–Kier alpha value is -1.88. The molecule has 0 aliphatic carbocycles. The lowest BCUT2D eigenvalue weighted by Gasteiger charge is -2.27. The van der Waals surface area contributed by atoms with Crippen LogP contribution in [-0.2, 0) is 5.54 Å². The van der Waals surface area contributed by atoms with Gasteiger partial charge in [-0.05, 0) is 63.2 Å². The summed E-state index contributed by atoms with van der Waals surface area (Å²) in [6, 6.07) is 8.53. The van der Waals surface area contributed by atoms with Crippen molar-refractivity contribution >= 4 is 17.3 Å². The Labute approximate surface area is 149 Å². The highest BCUT2D eigenvalue weighted by molar-refractivity contribution is 7.80. The molecule has 1 N–H and O–H groups in total. The molecule has 1 aliphatic heterocycles. The van der Waals surface area contributed by atoms with E-state index in [0.717, 1.165) is 23.8 Å². The first-order chi connectivity index (χ1) is 11.4. The minimum atomic E-state index is 0.0703. The van der Waals surface area contributed by atoms with Crippen LogP contribution >= 0.6 is 12.2 Å². The SMILES string of the molecule is CCCN1C(=S)N[C@@H](c2ccccn2)[C@H]1c1ccn(C(C)(C)C)c1. The van der Waals surface area contributed by atoms with Crippen molar-refractivity contribution in [3.05, 3.63) is 54.1 Å². The third kappa shape index (κ3) is 3.18. The highest BCUT2D eigenvalue weighted by Gasteiger charge is 2.39. The molecule has 1 saturated heterocycles. The normalized spacial score (nSPS) is 21.2.